The summed E-state index contributed by atoms with van der Waals surface area (Å²) in [5.41, 5.74) is 2.79. The molecular formula is C20H19NO5S. The van der Waals surface area contributed by atoms with Crippen LogP contribution in [0, 0.1) is 6.92 Å². The first-order valence-electron chi connectivity index (χ1n) is 8.66. The van der Waals surface area contributed by atoms with Crippen LogP contribution in [0.5, 0.6) is 11.5 Å². The zero-order valence-electron chi connectivity index (χ0n) is 14.8. The van der Waals surface area contributed by atoms with Crippen molar-refractivity contribution in [3.63, 3.8) is 0 Å². The van der Waals surface area contributed by atoms with E-state index in [1.54, 1.807) is 12.1 Å². The molecule has 0 aliphatic carbocycles. The zero-order valence-corrected chi connectivity index (χ0v) is 15.6. The van der Waals surface area contributed by atoms with Crippen LogP contribution in [-0.4, -0.2) is 30.7 Å². The van der Waals surface area contributed by atoms with Gasteiger partial charge in [0.1, 0.15) is 12.7 Å². The molecule has 0 spiro atoms. The van der Waals surface area contributed by atoms with Gasteiger partial charge in [-0.25, -0.2) is 0 Å². The number of hydrogen-bond acceptors (Lipinski definition) is 5. The second kappa shape index (κ2) is 6.83. The highest BCUT2D eigenvalue weighted by atomic mass is 32.2. The molecule has 0 fully saturated rings. The largest absolute Gasteiger partial charge is 0.486 e. The van der Waals surface area contributed by atoms with Gasteiger partial charge in [-0.1, -0.05) is 12.1 Å². The quantitative estimate of drug-likeness (QED) is 0.691. The standard InChI is InChI=1S/C20H19NO5S/c1-13-2-9-17-18(21-13)10-11-19-20(17)26-15(12-25-19)6-3-14-4-7-16(8-5-14)27(22,23)24/h2,4-5,7-11,15H,3,6,12H2,1H3,(H,22,23,24). The van der Waals surface area contributed by atoms with E-state index in [4.69, 9.17) is 14.0 Å². The van der Waals surface area contributed by atoms with E-state index >= 15 is 0 Å². The van der Waals surface area contributed by atoms with Gasteiger partial charge in [-0.15, -0.1) is 0 Å². The van der Waals surface area contributed by atoms with Crippen molar-refractivity contribution in [1.29, 1.82) is 0 Å². The molecule has 27 heavy (non-hydrogen) atoms. The lowest BCUT2D eigenvalue weighted by Crippen LogP contribution is -2.29. The SMILES string of the molecule is Cc1ccc2c3c(ccc2n1)OCC(CCc1ccc(S(=O)(=O)O)cc1)O3. The highest BCUT2D eigenvalue weighted by Gasteiger charge is 2.23. The predicted octanol–water partition coefficient (Wildman–Crippen LogP) is 3.56. The summed E-state index contributed by atoms with van der Waals surface area (Å²) in [4.78, 5) is 4.42. The lowest BCUT2D eigenvalue weighted by Gasteiger charge is -2.27. The summed E-state index contributed by atoms with van der Waals surface area (Å²) in [5.74, 6) is 1.44. The Kier molecular flexibility index (Phi) is 4.49. The molecule has 0 bridgehead atoms. The average molecular weight is 385 g/mol. The number of nitrogens with zero attached hydrogens (tertiary/aromatic N) is 1. The molecule has 4 rings (SSSR count). The molecule has 2 heterocycles. The van der Waals surface area contributed by atoms with Gasteiger partial charge in [0, 0.05) is 11.1 Å². The summed E-state index contributed by atoms with van der Waals surface area (Å²) in [6.45, 7) is 2.41. The lowest BCUT2D eigenvalue weighted by atomic mass is 10.1. The fraction of sp³-hybridized carbons (Fsp3) is 0.250. The van der Waals surface area contributed by atoms with Gasteiger partial charge >= 0.3 is 0 Å². The molecule has 0 radical (unpaired) electrons. The first-order chi connectivity index (χ1) is 12.9. The number of fused-ring (bicyclic) bond motifs is 3. The van der Waals surface area contributed by atoms with E-state index in [0.29, 0.717) is 13.0 Å². The predicted molar refractivity (Wildman–Crippen MR) is 101 cm³/mol. The van der Waals surface area contributed by atoms with E-state index in [1.807, 2.05) is 31.2 Å². The summed E-state index contributed by atoms with van der Waals surface area (Å²) in [6, 6.07) is 14.0. The first kappa shape index (κ1) is 17.8. The highest BCUT2D eigenvalue weighted by Crippen LogP contribution is 2.38. The van der Waals surface area contributed by atoms with Crippen molar-refractivity contribution in [1.82, 2.24) is 4.98 Å². The number of aromatic nitrogens is 1. The Hall–Kier alpha value is -2.64. The van der Waals surface area contributed by atoms with Crippen LogP contribution in [0.25, 0.3) is 10.9 Å². The zero-order chi connectivity index (χ0) is 19.0. The molecule has 1 atom stereocenters. The Labute approximate surface area is 157 Å². The Morgan fingerprint density at radius 2 is 1.89 bits per heavy atom. The van der Waals surface area contributed by atoms with Crippen molar-refractivity contribution in [3.8, 4) is 11.5 Å². The summed E-state index contributed by atoms with van der Waals surface area (Å²) in [7, 11) is -4.16. The first-order valence-corrected chi connectivity index (χ1v) is 10.1. The van der Waals surface area contributed by atoms with E-state index in [-0.39, 0.29) is 11.0 Å². The van der Waals surface area contributed by atoms with Gasteiger partial charge in [0.15, 0.2) is 11.5 Å². The Morgan fingerprint density at radius 3 is 2.63 bits per heavy atom. The van der Waals surface area contributed by atoms with Gasteiger partial charge in [-0.3, -0.25) is 9.54 Å². The van der Waals surface area contributed by atoms with Crippen LogP contribution < -0.4 is 9.47 Å². The van der Waals surface area contributed by atoms with E-state index in [2.05, 4.69) is 4.98 Å². The Bertz CT molecular complexity index is 1090. The molecule has 0 amide bonds. The van der Waals surface area contributed by atoms with Crippen LogP contribution in [0.2, 0.25) is 0 Å². The van der Waals surface area contributed by atoms with Gasteiger partial charge in [0.2, 0.25) is 0 Å². The topological polar surface area (TPSA) is 85.7 Å². The van der Waals surface area contributed by atoms with Crippen LogP contribution in [0.1, 0.15) is 17.7 Å². The second-order valence-electron chi connectivity index (χ2n) is 6.62. The number of ether oxygens (including phenoxy) is 2. The smallest absolute Gasteiger partial charge is 0.294 e. The van der Waals surface area contributed by atoms with Crippen LogP contribution in [0.4, 0.5) is 0 Å². The molecule has 1 aromatic heterocycles. The molecule has 7 heteroatoms. The molecule has 0 saturated heterocycles. The van der Waals surface area contributed by atoms with Crippen LogP contribution in [-0.2, 0) is 16.5 Å². The third-order valence-electron chi connectivity index (χ3n) is 4.61. The third kappa shape index (κ3) is 3.74. The van der Waals surface area contributed by atoms with Gasteiger partial charge < -0.3 is 9.47 Å². The minimum Gasteiger partial charge on any atom is -0.486 e. The van der Waals surface area contributed by atoms with Crippen molar-refractivity contribution in [3.05, 3.63) is 59.8 Å². The number of benzene rings is 2. The molecular weight excluding hydrogens is 366 g/mol. The summed E-state index contributed by atoms with van der Waals surface area (Å²) in [6.07, 6.45) is 1.32. The third-order valence-corrected chi connectivity index (χ3v) is 5.48. The number of rotatable bonds is 4. The molecule has 3 aromatic rings. The monoisotopic (exact) mass is 385 g/mol. The van der Waals surface area contributed by atoms with Crippen LogP contribution >= 0.6 is 0 Å². The lowest BCUT2D eigenvalue weighted by molar-refractivity contribution is 0.0871. The van der Waals surface area contributed by atoms with Gasteiger partial charge in [-0.05, 0) is 61.7 Å². The van der Waals surface area contributed by atoms with Crippen molar-refractivity contribution < 1.29 is 22.4 Å². The Morgan fingerprint density at radius 1 is 1.11 bits per heavy atom. The van der Waals surface area contributed by atoms with Crippen LogP contribution in [0.3, 0.4) is 0 Å². The molecule has 1 N–H and O–H groups in total. The van der Waals surface area contributed by atoms with Gasteiger partial charge in [-0.2, -0.15) is 8.42 Å². The maximum atomic E-state index is 11.1. The number of hydrogen-bond donors (Lipinski definition) is 1. The minimum absolute atomic E-state index is 0.105. The van der Waals surface area contributed by atoms with Gasteiger partial charge in [0.25, 0.3) is 10.1 Å². The number of pyridine rings is 1. The van der Waals surface area contributed by atoms with E-state index < -0.39 is 10.1 Å². The maximum absolute atomic E-state index is 11.1. The normalized spacial score (nSPS) is 16.4. The molecule has 2 aromatic carbocycles. The number of aryl methyl sites for hydroxylation is 2. The summed E-state index contributed by atoms with van der Waals surface area (Å²) in [5, 5.41) is 0.931. The summed E-state index contributed by atoms with van der Waals surface area (Å²) < 4.78 is 43.3. The average Bonchev–Trinajstić information content (AvgIpc) is 2.65. The van der Waals surface area contributed by atoms with Crippen molar-refractivity contribution in [2.45, 2.75) is 30.8 Å². The van der Waals surface area contributed by atoms with E-state index in [9.17, 15) is 8.42 Å². The summed E-state index contributed by atoms with van der Waals surface area (Å²) >= 11 is 0. The van der Waals surface area contributed by atoms with Crippen LogP contribution in [0.15, 0.2) is 53.4 Å². The van der Waals surface area contributed by atoms with E-state index in [0.717, 1.165) is 40.1 Å². The molecule has 6 nitrogen and oxygen atoms in total. The molecule has 0 saturated carbocycles. The molecule has 1 aliphatic heterocycles. The molecule has 1 aliphatic rings. The van der Waals surface area contributed by atoms with Gasteiger partial charge in [0.05, 0.1) is 10.4 Å². The Balaban J connectivity index is 1.48. The second-order valence-corrected chi connectivity index (χ2v) is 8.04. The van der Waals surface area contributed by atoms with E-state index in [1.165, 1.54) is 12.1 Å². The van der Waals surface area contributed by atoms with Crippen molar-refractivity contribution >= 4 is 21.0 Å². The van der Waals surface area contributed by atoms with Crippen molar-refractivity contribution in [2.75, 3.05) is 6.61 Å². The fourth-order valence-corrected chi connectivity index (χ4v) is 3.66. The minimum atomic E-state index is -4.16. The molecule has 140 valence electrons. The molecule has 1 unspecified atom stereocenters. The fourth-order valence-electron chi connectivity index (χ4n) is 3.18. The van der Waals surface area contributed by atoms with Crippen molar-refractivity contribution in [2.24, 2.45) is 0 Å². The highest BCUT2D eigenvalue weighted by molar-refractivity contribution is 7.85. The maximum Gasteiger partial charge on any atom is 0.294 e.